The topological polar surface area (TPSA) is 132 Å². The average molecular weight is 590 g/mol. The zero-order valence-electron chi connectivity index (χ0n) is 22.4. The van der Waals surface area contributed by atoms with Crippen molar-refractivity contribution in [1.29, 1.82) is 0 Å². The highest BCUT2D eigenvalue weighted by Gasteiger charge is 2.30. The van der Waals surface area contributed by atoms with Gasteiger partial charge in [-0.1, -0.05) is 17.7 Å². The summed E-state index contributed by atoms with van der Waals surface area (Å²) in [5.41, 5.74) is 1.33. The second-order valence-electron chi connectivity index (χ2n) is 8.95. The number of nitrogens with one attached hydrogen (secondary N) is 1. The molecule has 0 aliphatic carbocycles. The van der Waals surface area contributed by atoms with Crippen LogP contribution in [0.2, 0.25) is 0 Å². The van der Waals surface area contributed by atoms with Gasteiger partial charge in [0.15, 0.2) is 0 Å². The maximum Gasteiger partial charge on any atom is 0.264 e. The van der Waals surface area contributed by atoms with Crippen LogP contribution in [0.3, 0.4) is 0 Å². The van der Waals surface area contributed by atoms with E-state index >= 15 is 0 Å². The zero-order valence-corrected chi connectivity index (χ0v) is 24.0. The smallest absolute Gasteiger partial charge is 0.264 e. The van der Waals surface area contributed by atoms with Crippen LogP contribution in [-0.4, -0.2) is 74.1 Å². The second-order valence-corrected chi connectivity index (χ2v) is 12.8. The lowest BCUT2D eigenvalue weighted by molar-refractivity contribution is -0.114. The van der Waals surface area contributed by atoms with Gasteiger partial charge >= 0.3 is 0 Å². The Morgan fingerprint density at radius 1 is 0.900 bits per heavy atom. The van der Waals surface area contributed by atoms with Crippen molar-refractivity contribution in [2.75, 3.05) is 56.7 Å². The molecule has 3 aromatic carbocycles. The summed E-state index contributed by atoms with van der Waals surface area (Å²) >= 11 is 0. The molecule has 0 saturated carbocycles. The van der Waals surface area contributed by atoms with E-state index in [0.717, 1.165) is 9.87 Å². The Kier molecular flexibility index (Phi) is 8.98. The highest BCUT2D eigenvalue weighted by atomic mass is 32.2. The minimum Gasteiger partial charge on any atom is -0.497 e. The molecule has 0 bridgehead atoms. The third-order valence-corrected chi connectivity index (χ3v) is 9.98. The monoisotopic (exact) mass is 589 g/mol. The van der Waals surface area contributed by atoms with E-state index in [4.69, 9.17) is 14.2 Å². The van der Waals surface area contributed by atoms with Gasteiger partial charge in [-0.2, -0.15) is 4.31 Å². The number of rotatable bonds is 10. The minimum atomic E-state index is -4.19. The van der Waals surface area contributed by atoms with Gasteiger partial charge in [0.2, 0.25) is 15.9 Å². The van der Waals surface area contributed by atoms with Crippen molar-refractivity contribution in [2.45, 2.75) is 16.7 Å². The number of anilines is 2. The number of methoxy groups -OCH3 is 2. The lowest BCUT2D eigenvalue weighted by Crippen LogP contribution is -2.40. The summed E-state index contributed by atoms with van der Waals surface area (Å²) in [6.07, 6.45) is 0. The van der Waals surface area contributed by atoms with Crippen LogP contribution in [0.1, 0.15) is 5.56 Å². The number of morpholine rings is 1. The van der Waals surface area contributed by atoms with Crippen LogP contribution >= 0.6 is 0 Å². The summed E-state index contributed by atoms with van der Waals surface area (Å²) < 4.78 is 71.4. The molecule has 3 aromatic rings. The fourth-order valence-electron chi connectivity index (χ4n) is 4.11. The molecule has 1 aliphatic heterocycles. The van der Waals surface area contributed by atoms with Gasteiger partial charge in [0.25, 0.3) is 10.0 Å². The number of hydrogen-bond donors (Lipinski definition) is 1. The molecule has 1 N–H and O–H groups in total. The molecule has 13 heteroatoms. The number of nitrogens with zero attached hydrogens (tertiary/aromatic N) is 2. The predicted molar refractivity (Wildman–Crippen MR) is 150 cm³/mol. The van der Waals surface area contributed by atoms with Gasteiger partial charge in [-0.25, -0.2) is 16.8 Å². The number of hydrogen-bond acceptors (Lipinski definition) is 8. The quantitative estimate of drug-likeness (QED) is 0.382. The molecule has 0 radical (unpaired) electrons. The Labute approximate surface area is 234 Å². The summed E-state index contributed by atoms with van der Waals surface area (Å²) in [6, 6.07) is 16.6. The van der Waals surface area contributed by atoms with E-state index in [2.05, 4.69) is 5.32 Å². The van der Waals surface area contributed by atoms with Crippen LogP contribution < -0.4 is 19.1 Å². The first-order chi connectivity index (χ1) is 19.1. The lowest BCUT2D eigenvalue weighted by atomic mass is 10.2. The Hall–Kier alpha value is -3.65. The van der Waals surface area contributed by atoms with Crippen molar-refractivity contribution in [3.63, 3.8) is 0 Å². The Morgan fingerprint density at radius 2 is 1.52 bits per heavy atom. The number of carbonyl (C=O) groups excluding carboxylic acids is 1. The Morgan fingerprint density at radius 3 is 2.12 bits per heavy atom. The maximum absolute atomic E-state index is 13.7. The molecular weight excluding hydrogens is 558 g/mol. The molecule has 40 heavy (non-hydrogen) atoms. The molecule has 0 spiro atoms. The van der Waals surface area contributed by atoms with Gasteiger partial charge in [-0.3, -0.25) is 9.10 Å². The van der Waals surface area contributed by atoms with Crippen LogP contribution in [-0.2, 0) is 29.6 Å². The van der Waals surface area contributed by atoms with Crippen LogP contribution in [0.4, 0.5) is 11.4 Å². The second kappa shape index (κ2) is 12.3. The fourth-order valence-corrected chi connectivity index (χ4v) is 6.94. The SMILES string of the molecule is COc1ccc(N(CC(=O)Nc2ccc(S(=O)(=O)N3CCOCC3)cc2)S(=O)(=O)c2ccc(C)cc2)c(OC)c1. The van der Waals surface area contributed by atoms with E-state index in [-0.39, 0.29) is 34.3 Å². The van der Waals surface area contributed by atoms with E-state index < -0.39 is 32.5 Å². The number of benzene rings is 3. The van der Waals surface area contributed by atoms with E-state index in [0.29, 0.717) is 24.7 Å². The van der Waals surface area contributed by atoms with Crippen molar-refractivity contribution < 1.29 is 35.8 Å². The number of carbonyl (C=O) groups is 1. The van der Waals surface area contributed by atoms with Gasteiger partial charge in [0, 0.05) is 24.8 Å². The summed E-state index contributed by atoms with van der Waals surface area (Å²) in [4.78, 5) is 13.2. The predicted octanol–water partition coefficient (Wildman–Crippen LogP) is 2.87. The summed E-state index contributed by atoms with van der Waals surface area (Å²) in [7, 11) is -5.03. The standard InChI is InChI=1S/C27H31N3O8S2/c1-20-4-9-24(10-5-20)40(34,35)30(25-13-8-22(36-2)18-26(25)37-3)19-27(31)28-21-6-11-23(12-7-21)39(32,33)29-14-16-38-17-15-29/h4-13,18H,14-17,19H2,1-3H3,(H,28,31). The van der Waals surface area contributed by atoms with Gasteiger partial charge < -0.3 is 19.5 Å². The first-order valence-corrected chi connectivity index (χ1v) is 15.2. The van der Waals surface area contributed by atoms with Crippen LogP contribution in [0.5, 0.6) is 11.5 Å². The Bertz CT molecular complexity index is 1550. The average Bonchev–Trinajstić information content (AvgIpc) is 2.96. The third kappa shape index (κ3) is 6.39. The van der Waals surface area contributed by atoms with Gasteiger partial charge in [0.05, 0.1) is 42.9 Å². The first-order valence-electron chi connectivity index (χ1n) is 12.4. The van der Waals surface area contributed by atoms with Crippen molar-refractivity contribution in [3.8, 4) is 11.5 Å². The molecule has 1 heterocycles. The van der Waals surface area contributed by atoms with Crippen LogP contribution in [0, 0.1) is 6.92 Å². The Balaban J connectivity index is 1.60. The number of ether oxygens (including phenoxy) is 3. The molecule has 0 atom stereocenters. The molecule has 11 nitrogen and oxygen atoms in total. The van der Waals surface area contributed by atoms with Crippen LogP contribution in [0.15, 0.2) is 76.5 Å². The highest BCUT2D eigenvalue weighted by molar-refractivity contribution is 7.93. The van der Waals surface area contributed by atoms with E-state index in [1.54, 1.807) is 18.2 Å². The number of sulfonamides is 2. The first kappa shape index (κ1) is 29.3. The molecular formula is C27H31N3O8S2. The molecule has 214 valence electrons. The summed E-state index contributed by atoms with van der Waals surface area (Å²) in [5, 5.41) is 2.65. The normalized spacial score (nSPS) is 14.4. The lowest BCUT2D eigenvalue weighted by Gasteiger charge is -2.26. The minimum absolute atomic E-state index is 0.00134. The molecule has 0 aromatic heterocycles. The largest absolute Gasteiger partial charge is 0.497 e. The van der Waals surface area contributed by atoms with Crippen molar-refractivity contribution >= 4 is 37.3 Å². The number of amides is 1. The maximum atomic E-state index is 13.7. The third-order valence-electron chi connectivity index (χ3n) is 6.30. The van der Waals surface area contributed by atoms with Gasteiger partial charge in [0.1, 0.15) is 18.0 Å². The molecule has 1 saturated heterocycles. The van der Waals surface area contributed by atoms with E-state index in [1.165, 1.54) is 67.1 Å². The van der Waals surface area contributed by atoms with Crippen LogP contribution in [0.25, 0.3) is 0 Å². The molecule has 4 rings (SSSR count). The molecule has 0 unspecified atom stereocenters. The molecule has 1 aliphatic rings. The molecule has 1 amide bonds. The summed E-state index contributed by atoms with van der Waals surface area (Å²) in [6.45, 7) is 2.45. The highest BCUT2D eigenvalue weighted by Crippen LogP contribution is 2.35. The summed E-state index contributed by atoms with van der Waals surface area (Å²) in [5.74, 6) is 0.00251. The van der Waals surface area contributed by atoms with Crippen molar-refractivity contribution in [1.82, 2.24) is 4.31 Å². The van der Waals surface area contributed by atoms with Gasteiger partial charge in [-0.05, 0) is 55.5 Å². The van der Waals surface area contributed by atoms with Crippen molar-refractivity contribution in [3.05, 3.63) is 72.3 Å². The van der Waals surface area contributed by atoms with Gasteiger partial charge in [-0.15, -0.1) is 0 Å². The van der Waals surface area contributed by atoms with E-state index in [1.807, 2.05) is 6.92 Å². The van der Waals surface area contributed by atoms with Crippen molar-refractivity contribution in [2.24, 2.45) is 0 Å². The fraction of sp³-hybridized carbons (Fsp3) is 0.296. The number of aryl methyl sites for hydroxylation is 1. The molecule has 1 fully saturated rings. The zero-order chi connectivity index (χ0) is 28.9. The van der Waals surface area contributed by atoms with E-state index in [9.17, 15) is 21.6 Å².